The molecule has 1 amide bonds. The highest BCUT2D eigenvalue weighted by atomic mass is 35.5. The molecule has 3 aliphatic rings. The van der Waals surface area contributed by atoms with Crippen molar-refractivity contribution in [2.75, 3.05) is 37.6 Å². The summed E-state index contributed by atoms with van der Waals surface area (Å²) in [6.07, 6.45) is 6.07. The number of likely N-dealkylation sites (tertiary alicyclic amines) is 1. The molecule has 1 aromatic heterocycles. The van der Waals surface area contributed by atoms with E-state index in [2.05, 4.69) is 38.3 Å². The first-order valence-electron chi connectivity index (χ1n) is 14.5. The maximum absolute atomic E-state index is 12.9. The van der Waals surface area contributed by atoms with Crippen LogP contribution in [0, 0.1) is 23.2 Å². The van der Waals surface area contributed by atoms with Crippen molar-refractivity contribution in [3.05, 3.63) is 46.6 Å². The Kier molecular flexibility index (Phi) is 9.40. The van der Waals surface area contributed by atoms with Crippen molar-refractivity contribution in [1.82, 2.24) is 20.4 Å². The Hall–Kier alpha value is -2.93. The zero-order valence-corrected chi connectivity index (χ0v) is 23.9. The quantitative estimate of drug-likeness (QED) is 0.516. The molecule has 3 heterocycles. The van der Waals surface area contributed by atoms with Gasteiger partial charge in [0.15, 0.2) is 11.5 Å². The molecular formula is C30H39ClN6O3. The SMILES string of the molecule is C[C@@H]1CN(c2ccc(C(=O)NC3CCC(Oc4ccc(C#N)c(Cl)c4)CC3)nn2)CC[C@@H]1CN1CCC(O)CC1. The summed E-state index contributed by atoms with van der Waals surface area (Å²) in [5.41, 5.74) is 0.770. The fourth-order valence-corrected chi connectivity index (χ4v) is 6.37. The van der Waals surface area contributed by atoms with Gasteiger partial charge in [-0.1, -0.05) is 18.5 Å². The number of nitrogens with one attached hydrogen (secondary N) is 1. The lowest BCUT2D eigenvalue weighted by Gasteiger charge is -2.40. The number of rotatable bonds is 7. The second kappa shape index (κ2) is 13.2. The van der Waals surface area contributed by atoms with Gasteiger partial charge < -0.3 is 25.0 Å². The van der Waals surface area contributed by atoms with Crippen LogP contribution in [0.1, 0.15) is 67.9 Å². The minimum absolute atomic E-state index is 0.0514. The average Bonchev–Trinajstić information content (AvgIpc) is 2.96. The normalized spacial score (nSPS) is 26.2. The predicted molar refractivity (Wildman–Crippen MR) is 154 cm³/mol. The predicted octanol–water partition coefficient (Wildman–Crippen LogP) is 4.04. The van der Waals surface area contributed by atoms with Crippen LogP contribution in [0.2, 0.25) is 5.02 Å². The van der Waals surface area contributed by atoms with Gasteiger partial charge in [-0.2, -0.15) is 5.26 Å². The fourth-order valence-electron chi connectivity index (χ4n) is 6.16. The van der Waals surface area contributed by atoms with Gasteiger partial charge in [0.2, 0.25) is 0 Å². The third-order valence-electron chi connectivity index (χ3n) is 8.71. The fraction of sp³-hybridized carbons (Fsp3) is 0.600. The zero-order chi connectivity index (χ0) is 28.1. The smallest absolute Gasteiger partial charge is 0.272 e. The van der Waals surface area contributed by atoms with Gasteiger partial charge in [-0.3, -0.25) is 4.79 Å². The monoisotopic (exact) mass is 566 g/mol. The Balaban J connectivity index is 1.05. The van der Waals surface area contributed by atoms with Crippen LogP contribution in [0.4, 0.5) is 5.82 Å². The van der Waals surface area contributed by atoms with Crippen LogP contribution in [0.3, 0.4) is 0 Å². The Labute approximate surface area is 241 Å². The number of benzene rings is 1. The van der Waals surface area contributed by atoms with E-state index in [4.69, 9.17) is 21.6 Å². The van der Waals surface area contributed by atoms with E-state index in [1.54, 1.807) is 24.3 Å². The molecule has 5 rings (SSSR count). The Morgan fingerprint density at radius 2 is 1.88 bits per heavy atom. The zero-order valence-electron chi connectivity index (χ0n) is 23.1. The van der Waals surface area contributed by atoms with Crippen molar-refractivity contribution < 1.29 is 14.6 Å². The summed E-state index contributed by atoms with van der Waals surface area (Å²) in [4.78, 5) is 17.6. The van der Waals surface area contributed by atoms with E-state index in [9.17, 15) is 9.90 Å². The lowest BCUT2D eigenvalue weighted by Crippen LogP contribution is -2.46. The van der Waals surface area contributed by atoms with Gasteiger partial charge >= 0.3 is 0 Å². The Bertz CT molecular complexity index is 1190. The third kappa shape index (κ3) is 7.22. The summed E-state index contributed by atoms with van der Waals surface area (Å²) >= 11 is 6.12. The van der Waals surface area contributed by atoms with E-state index in [1.807, 2.05) is 6.07 Å². The Morgan fingerprint density at radius 3 is 2.52 bits per heavy atom. The number of ether oxygens (including phenoxy) is 1. The highest BCUT2D eigenvalue weighted by Crippen LogP contribution is 2.29. The van der Waals surface area contributed by atoms with Crippen molar-refractivity contribution >= 4 is 23.3 Å². The molecule has 0 unspecified atom stereocenters. The molecule has 2 aromatic rings. The molecule has 0 spiro atoms. The molecule has 0 radical (unpaired) electrons. The van der Waals surface area contributed by atoms with Crippen LogP contribution < -0.4 is 15.0 Å². The summed E-state index contributed by atoms with van der Waals surface area (Å²) in [5.74, 6) is 2.48. The van der Waals surface area contributed by atoms with E-state index in [-0.39, 0.29) is 24.2 Å². The van der Waals surface area contributed by atoms with Gasteiger partial charge in [0, 0.05) is 44.8 Å². The first-order chi connectivity index (χ1) is 19.4. The van der Waals surface area contributed by atoms with Crippen molar-refractivity contribution in [3.63, 3.8) is 0 Å². The average molecular weight is 567 g/mol. The number of aliphatic hydroxyl groups excluding tert-OH is 1. The van der Waals surface area contributed by atoms with Gasteiger partial charge in [0.05, 0.1) is 22.8 Å². The highest BCUT2D eigenvalue weighted by Gasteiger charge is 2.30. The molecule has 3 fully saturated rings. The van der Waals surface area contributed by atoms with Gasteiger partial charge in [-0.25, -0.2) is 0 Å². The van der Waals surface area contributed by atoms with Crippen molar-refractivity contribution in [3.8, 4) is 11.8 Å². The minimum atomic E-state index is -0.194. The number of halogens is 1. The molecule has 2 saturated heterocycles. The van der Waals surface area contributed by atoms with Crippen LogP contribution in [0.25, 0.3) is 0 Å². The molecule has 40 heavy (non-hydrogen) atoms. The highest BCUT2D eigenvalue weighted by molar-refractivity contribution is 6.31. The second-order valence-electron chi connectivity index (χ2n) is 11.6. The Morgan fingerprint density at radius 1 is 1.10 bits per heavy atom. The first-order valence-corrected chi connectivity index (χ1v) is 14.9. The number of carbonyl (C=O) groups is 1. The summed E-state index contributed by atoms with van der Waals surface area (Å²) in [5, 5.41) is 31.0. The van der Waals surface area contributed by atoms with Crippen LogP contribution in [0.5, 0.6) is 5.75 Å². The largest absolute Gasteiger partial charge is 0.490 e. The molecule has 2 atom stereocenters. The minimum Gasteiger partial charge on any atom is -0.490 e. The molecule has 9 nitrogen and oxygen atoms in total. The molecule has 1 aliphatic carbocycles. The van der Waals surface area contributed by atoms with E-state index in [1.165, 1.54) is 0 Å². The summed E-state index contributed by atoms with van der Waals surface area (Å²) < 4.78 is 6.06. The molecule has 2 aliphatic heterocycles. The van der Waals surface area contributed by atoms with E-state index < -0.39 is 0 Å². The van der Waals surface area contributed by atoms with Crippen molar-refractivity contribution in [1.29, 1.82) is 5.26 Å². The molecule has 2 N–H and O–H groups in total. The molecule has 1 aromatic carbocycles. The summed E-state index contributed by atoms with van der Waals surface area (Å²) in [6, 6.07) is 10.9. The van der Waals surface area contributed by atoms with Gasteiger partial charge in [-0.15, -0.1) is 10.2 Å². The van der Waals surface area contributed by atoms with Gasteiger partial charge in [0.1, 0.15) is 11.8 Å². The van der Waals surface area contributed by atoms with Gasteiger partial charge in [-0.05, 0) is 81.0 Å². The van der Waals surface area contributed by atoms with E-state index in [0.29, 0.717) is 33.9 Å². The maximum atomic E-state index is 12.9. The first kappa shape index (κ1) is 28.6. The molecule has 214 valence electrons. The number of nitriles is 1. The van der Waals surface area contributed by atoms with Crippen LogP contribution in [-0.2, 0) is 0 Å². The van der Waals surface area contributed by atoms with Crippen molar-refractivity contribution in [2.45, 2.75) is 70.1 Å². The number of hydrogen-bond acceptors (Lipinski definition) is 8. The van der Waals surface area contributed by atoms with Gasteiger partial charge in [0.25, 0.3) is 5.91 Å². The lowest BCUT2D eigenvalue weighted by molar-refractivity contribution is 0.0667. The molecular weight excluding hydrogens is 528 g/mol. The lowest BCUT2D eigenvalue weighted by atomic mass is 9.86. The number of aromatic nitrogens is 2. The second-order valence-corrected chi connectivity index (χ2v) is 12.0. The van der Waals surface area contributed by atoms with Crippen LogP contribution in [-0.4, -0.2) is 77.1 Å². The standard InChI is InChI=1S/C30H39ClN6O3/c1-20-18-37(15-10-22(20)19-36-13-11-24(38)12-14-36)29-9-8-28(34-35-29)30(39)33-23-3-6-25(7-4-23)40-26-5-2-21(17-32)27(31)16-26/h2,5,8-9,16,20,22-25,38H,3-4,6-7,10-15,18-19H2,1H3,(H,33,39)/t20-,22-,23?,25?/m1/s1. The topological polar surface area (TPSA) is 115 Å². The number of anilines is 1. The number of aliphatic hydroxyl groups is 1. The number of carbonyl (C=O) groups excluding carboxylic acids is 1. The number of hydrogen-bond donors (Lipinski definition) is 2. The maximum Gasteiger partial charge on any atom is 0.272 e. The summed E-state index contributed by atoms with van der Waals surface area (Å²) in [6.45, 7) is 7.26. The summed E-state index contributed by atoms with van der Waals surface area (Å²) in [7, 11) is 0. The third-order valence-corrected chi connectivity index (χ3v) is 9.03. The molecule has 1 saturated carbocycles. The number of amides is 1. The molecule has 0 bridgehead atoms. The van der Waals surface area contributed by atoms with E-state index in [0.717, 1.165) is 83.5 Å². The van der Waals surface area contributed by atoms with Crippen LogP contribution in [0.15, 0.2) is 30.3 Å². The van der Waals surface area contributed by atoms with E-state index >= 15 is 0 Å². The molecule has 10 heteroatoms. The number of nitrogens with zero attached hydrogens (tertiary/aromatic N) is 5. The van der Waals surface area contributed by atoms with Crippen molar-refractivity contribution in [2.24, 2.45) is 11.8 Å². The van der Waals surface area contributed by atoms with Crippen LogP contribution >= 0.6 is 11.6 Å². The number of piperidine rings is 2.